The summed E-state index contributed by atoms with van der Waals surface area (Å²) in [6.45, 7) is -0.516. The normalized spacial score (nSPS) is 28.3. The van der Waals surface area contributed by atoms with Crippen LogP contribution in [0.25, 0.3) is 11.2 Å². The topological polar surface area (TPSA) is 164 Å². The fourth-order valence-electron chi connectivity index (χ4n) is 2.42. The molecule has 4 atom stereocenters. The number of ether oxygens (including phenoxy) is 1. The van der Waals surface area contributed by atoms with Crippen molar-refractivity contribution >= 4 is 17.0 Å². The highest BCUT2D eigenvalue weighted by Crippen LogP contribution is 2.31. The summed E-state index contributed by atoms with van der Waals surface area (Å²) in [5.41, 5.74) is -0.747. The fourth-order valence-corrected chi connectivity index (χ4v) is 2.42. The lowest BCUT2D eigenvalue weighted by Gasteiger charge is -2.15. The number of rotatable bonds is 3. The van der Waals surface area contributed by atoms with Crippen LogP contribution >= 0.6 is 0 Å². The van der Waals surface area contributed by atoms with E-state index in [1.807, 2.05) is 0 Å². The Morgan fingerprint density at radius 3 is 2.77 bits per heavy atom. The van der Waals surface area contributed by atoms with Gasteiger partial charge in [-0.25, -0.2) is 9.97 Å². The number of H-pyrrole nitrogens is 1. The Morgan fingerprint density at radius 1 is 1.45 bits per heavy atom. The molecule has 0 bridgehead atoms. The van der Waals surface area contributed by atoms with Crippen LogP contribution in [0, 0.1) is 10.1 Å². The highest BCUT2D eigenvalue weighted by molar-refractivity contribution is 5.72. The van der Waals surface area contributed by atoms with Gasteiger partial charge in [0.15, 0.2) is 11.7 Å². The Balaban J connectivity index is 2.12. The van der Waals surface area contributed by atoms with Gasteiger partial charge in [0.1, 0.15) is 24.6 Å². The van der Waals surface area contributed by atoms with Gasteiger partial charge in [0, 0.05) is 0 Å². The monoisotopic (exact) mass is 312 g/mol. The molecule has 11 nitrogen and oxygen atoms in total. The predicted molar refractivity (Wildman–Crippen MR) is 70.0 cm³/mol. The van der Waals surface area contributed by atoms with E-state index in [0.29, 0.717) is 0 Å². The summed E-state index contributed by atoms with van der Waals surface area (Å²) in [7, 11) is 0. The lowest BCUT2D eigenvalue weighted by atomic mass is 10.1. The Hall–Kier alpha value is -2.34. The van der Waals surface area contributed by atoms with Gasteiger partial charge in [-0.05, 0) is 4.92 Å². The molecule has 0 amide bonds. The minimum atomic E-state index is -1.39. The number of nitrogens with zero attached hydrogens (tertiary/aromatic N) is 3. The number of imidazole rings is 1. The van der Waals surface area contributed by atoms with Crippen molar-refractivity contribution in [3.63, 3.8) is 0 Å². The first-order valence-electron chi connectivity index (χ1n) is 6.30. The molecule has 0 radical (unpaired) electrons. The predicted octanol–water partition coefficient (Wildman–Crippen LogP) is -1.76. The molecule has 3 rings (SSSR count). The summed E-state index contributed by atoms with van der Waals surface area (Å²) < 4.78 is 6.48. The van der Waals surface area contributed by atoms with Crippen LogP contribution < -0.4 is 5.43 Å². The van der Waals surface area contributed by atoms with Crippen LogP contribution in [0.5, 0.6) is 0 Å². The van der Waals surface area contributed by atoms with Crippen LogP contribution in [-0.2, 0) is 4.74 Å². The first-order chi connectivity index (χ1) is 10.4. The lowest BCUT2D eigenvalue weighted by molar-refractivity contribution is -0.389. The maximum Gasteiger partial charge on any atom is 0.326 e. The number of nitro groups is 1. The second kappa shape index (κ2) is 5.14. The van der Waals surface area contributed by atoms with E-state index in [1.54, 1.807) is 0 Å². The van der Waals surface area contributed by atoms with Gasteiger partial charge in [-0.3, -0.25) is 9.36 Å². The lowest BCUT2D eigenvalue weighted by Crippen LogP contribution is -2.33. The second-order valence-corrected chi connectivity index (χ2v) is 4.85. The second-order valence-electron chi connectivity index (χ2n) is 4.85. The molecule has 4 N–H and O–H groups in total. The number of hydrogen-bond acceptors (Lipinski definition) is 8. The standard InChI is InChI=1S/C11H12N4O7/c16-2-5-8(18)9(19)11(22-5)14-3-12-7-4(17)1-6(15(20)21)13-10(7)14/h1,3,5,8-9,11,16,18-19H,2H2,(H,13,17). The summed E-state index contributed by atoms with van der Waals surface area (Å²) in [4.78, 5) is 28.1. The Morgan fingerprint density at radius 2 is 2.18 bits per heavy atom. The van der Waals surface area contributed by atoms with Gasteiger partial charge in [-0.15, -0.1) is 0 Å². The van der Waals surface area contributed by atoms with Gasteiger partial charge in [0.2, 0.25) is 11.1 Å². The quantitative estimate of drug-likeness (QED) is 0.382. The van der Waals surface area contributed by atoms with E-state index in [2.05, 4.69) is 9.97 Å². The Labute approximate surface area is 121 Å². The van der Waals surface area contributed by atoms with Crippen molar-refractivity contribution in [1.29, 1.82) is 0 Å². The molecule has 118 valence electrons. The minimum absolute atomic E-state index is 0.0194. The number of aliphatic hydroxyl groups is 3. The summed E-state index contributed by atoms with van der Waals surface area (Å²) in [5.74, 6) is -0.536. The van der Waals surface area contributed by atoms with Gasteiger partial charge < -0.3 is 30.2 Å². The molecule has 22 heavy (non-hydrogen) atoms. The molecule has 0 aliphatic carbocycles. The molecule has 0 saturated carbocycles. The van der Waals surface area contributed by atoms with Crippen LogP contribution in [0.3, 0.4) is 0 Å². The average Bonchev–Trinajstić information content (AvgIpc) is 3.02. The number of aliphatic hydroxyl groups excluding tert-OH is 3. The number of aromatic amines is 1. The molecule has 4 unspecified atom stereocenters. The zero-order valence-corrected chi connectivity index (χ0v) is 11.0. The first-order valence-corrected chi connectivity index (χ1v) is 6.30. The molecule has 1 aliphatic rings. The van der Waals surface area contributed by atoms with Crippen molar-refractivity contribution in [2.45, 2.75) is 24.5 Å². The van der Waals surface area contributed by atoms with Crippen molar-refractivity contribution in [3.8, 4) is 0 Å². The number of nitrogens with one attached hydrogen (secondary N) is 1. The summed E-state index contributed by atoms with van der Waals surface area (Å²) in [6, 6.07) is 0.803. The van der Waals surface area contributed by atoms with Crippen molar-refractivity contribution in [2.24, 2.45) is 0 Å². The van der Waals surface area contributed by atoms with Gasteiger partial charge >= 0.3 is 5.82 Å². The average molecular weight is 312 g/mol. The molecule has 11 heteroatoms. The van der Waals surface area contributed by atoms with Gasteiger partial charge in [0.25, 0.3) is 0 Å². The Kier molecular flexibility index (Phi) is 3.41. The summed E-state index contributed by atoms with van der Waals surface area (Å²) in [5, 5.41) is 39.6. The molecular formula is C11H12N4O7. The first kappa shape index (κ1) is 14.6. The van der Waals surface area contributed by atoms with E-state index >= 15 is 0 Å². The van der Waals surface area contributed by atoms with Gasteiger partial charge in [-0.2, -0.15) is 0 Å². The Bertz CT molecular complexity index is 784. The molecule has 0 spiro atoms. The molecule has 2 aromatic rings. The maximum absolute atomic E-state index is 11.8. The van der Waals surface area contributed by atoms with Crippen molar-refractivity contribution in [2.75, 3.05) is 6.61 Å². The fraction of sp³-hybridized carbons (Fsp3) is 0.455. The van der Waals surface area contributed by atoms with Crippen molar-refractivity contribution in [3.05, 3.63) is 32.7 Å². The minimum Gasteiger partial charge on any atom is -0.394 e. The highest BCUT2D eigenvalue weighted by atomic mass is 16.6. The molecule has 2 aromatic heterocycles. The molecular weight excluding hydrogens is 300 g/mol. The van der Waals surface area contributed by atoms with E-state index in [4.69, 9.17) is 9.84 Å². The number of hydrogen-bond donors (Lipinski definition) is 4. The third kappa shape index (κ3) is 2.07. The molecule has 1 fully saturated rings. The molecule has 1 saturated heterocycles. The molecule has 3 heterocycles. The number of fused-ring (bicyclic) bond motifs is 1. The summed E-state index contributed by atoms with van der Waals surface area (Å²) in [6.07, 6.45) is -3.72. The highest BCUT2D eigenvalue weighted by Gasteiger charge is 2.44. The van der Waals surface area contributed by atoms with E-state index in [-0.39, 0.29) is 11.2 Å². The molecule has 1 aliphatic heterocycles. The summed E-state index contributed by atoms with van der Waals surface area (Å²) >= 11 is 0. The van der Waals surface area contributed by atoms with E-state index in [9.17, 15) is 25.1 Å². The zero-order chi connectivity index (χ0) is 16.0. The van der Waals surface area contributed by atoms with E-state index in [0.717, 1.165) is 12.4 Å². The third-order valence-electron chi connectivity index (χ3n) is 3.53. The molecule has 0 aromatic carbocycles. The van der Waals surface area contributed by atoms with Gasteiger partial charge in [0.05, 0.1) is 12.7 Å². The smallest absolute Gasteiger partial charge is 0.326 e. The third-order valence-corrected chi connectivity index (χ3v) is 3.53. The van der Waals surface area contributed by atoms with Crippen LogP contribution in [0.1, 0.15) is 6.23 Å². The van der Waals surface area contributed by atoms with E-state index < -0.39 is 47.3 Å². The maximum atomic E-state index is 11.8. The van der Waals surface area contributed by atoms with Crippen LogP contribution in [0.4, 0.5) is 5.82 Å². The largest absolute Gasteiger partial charge is 0.394 e. The van der Waals surface area contributed by atoms with Crippen LogP contribution in [0.2, 0.25) is 0 Å². The van der Waals surface area contributed by atoms with E-state index in [1.165, 1.54) is 4.57 Å². The van der Waals surface area contributed by atoms with Crippen molar-refractivity contribution in [1.82, 2.24) is 14.5 Å². The zero-order valence-electron chi connectivity index (χ0n) is 11.0. The van der Waals surface area contributed by atoms with Crippen LogP contribution in [0.15, 0.2) is 17.2 Å². The number of pyridine rings is 1. The SMILES string of the molecule is O=c1cc([N+](=O)[O-])[nH]c2c1ncn2C1OC(CO)C(O)C1O. The number of aromatic nitrogens is 3. The van der Waals surface area contributed by atoms with Crippen molar-refractivity contribution < 1.29 is 25.0 Å². The van der Waals surface area contributed by atoms with Gasteiger partial charge in [-0.1, -0.05) is 0 Å². The van der Waals surface area contributed by atoms with Crippen LogP contribution in [-0.4, -0.2) is 59.7 Å².